The number of phosphoric ester groups is 1. The number of quaternary nitrogens is 1. The number of phosphoric acid groups is 1. The second-order valence-corrected chi connectivity index (χ2v) is 18.2. The summed E-state index contributed by atoms with van der Waals surface area (Å²) >= 11 is 0. The van der Waals surface area contributed by atoms with Gasteiger partial charge in [-0.2, -0.15) is 0 Å². The van der Waals surface area contributed by atoms with Gasteiger partial charge in [0.1, 0.15) is 19.3 Å². The summed E-state index contributed by atoms with van der Waals surface area (Å²) in [5.41, 5.74) is 0. The Labute approximate surface area is 341 Å². The molecular weight excluding hydrogens is 709 g/mol. The molecule has 0 radical (unpaired) electrons. The van der Waals surface area contributed by atoms with Gasteiger partial charge in [-0.15, -0.1) is 0 Å². The van der Waals surface area contributed by atoms with Crippen molar-refractivity contribution in [2.45, 2.75) is 213 Å². The van der Waals surface area contributed by atoms with Crippen LogP contribution in [0, 0.1) is 0 Å². The largest absolute Gasteiger partial charge is 0.472 e. The number of ether oxygens (including phenoxy) is 2. The molecule has 326 valence electrons. The van der Waals surface area contributed by atoms with Crippen LogP contribution in [0.15, 0.2) is 24.3 Å². The topological polar surface area (TPSA) is 91.3 Å². The van der Waals surface area contributed by atoms with Crippen molar-refractivity contribution in [3.05, 3.63) is 24.3 Å². The van der Waals surface area contributed by atoms with Crippen molar-refractivity contribution in [3.63, 3.8) is 0 Å². The number of esters is 1. The van der Waals surface area contributed by atoms with Crippen molar-refractivity contribution >= 4 is 13.8 Å². The van der Waals surface area contributed by atoms with Crippen LogP contribution in [-0.4, -0.2) is 75.6 Å². The maximum absolute atomic E-state index is 12.7. The fraction of sp³-hybridized carbons (Fsp3) is 0.891. The smallest absolute Gasteiger partial charge is 0.457 e. The third-order valence-electron chi connectivity index (χ3n) is 10.0. The molecular formula is C46H91NO7P+. The summed E-state index contributed by atoms with van der Waals surface area (Å²) in [5.74, 6) is -0.325. The van der Waals surface area contributed by atoms with Crippen LogP contribution in [0.5, 0.6) is 0 Å². The molecule has 0 fully saturated rings. The van der Waals surface area contributed by atoms with Gasteiger partial charge in [-0.1, -0.05) is 186 Å². The predicted octanol–water partition coefficient (Wildman–Crippen LogP) is 13.6. The lowest BCUT2D eigenvalue weighted by Crippen LogP contribution is -2.37. The molecule has 2 atom stereocenters. The summed E-state index contributed by atoms with van der Waals surface area (Å²) in [6.07, 6.45) is 45.0. The molecule has 0 bridgehead atoms. The molecule has 55 heavy (non-hydrogen) atoms. The highest BCUT2D eigenvalue weighted by molar-refractivity contribution is 7.47. The number of hydrogen-bond donors (Lipinski definition) is 1. The molecule has 0 aliphatic heterocycles. The van der Waals surface area contributed by atoms with Gasteiger partial charge in [0.05, 0.1) is 34.4 Å². The van der Waals surface area contributed by atoms with Crippen LogP contribution in [0.2, 0.25) is 0 Å². The van der Waals surface area contributed by atoms with Crippen molar-refractivity contribution in [2.24, 2.45) is 0 Å². The predicted molar refractivity (Wildman–Crippen MR) is 233 cm³/mol. The van der Waals surface area contributed by atoms with E-state index in [4.69, 9.17) is 18.5 Å². The van der Waals surface area contributed by atoms with Crippen LogP contribution in [0.3, 0.4) is 0 Å². The van der Waals surface area contributed by atoms with Crippen LogP contribution >= 0.6 is 7.82 Å². The fourth-order valence-corrected chi connectivity index (χ4v) is 7.14. The van der Waals surface area contributed by atoms with Gasteiger partial charge in [-0.25, -0.2) is 4.57 Å². The summed E-state index contributed by atoms with van der Waals surface area (Å²) in [6, 6.07) is 0. The van der Waals surface area contributed by atoms with Crippen LogP contribution in [0.1, 0.15) is 206 Å². The minimum Gasteiger partial charge on any atom is -0.457 e. The lowest BCUT2D eigenvalue weighted by molar-refractivity contribution is -0.870. The monoisotopic (exact) mass is 801 g/mol. The number of rotatable bonds is 43. The first kappa shape index (κ1) is 54.0. The Morgan fingerprint density at radius 1 is 0.564 bits per heavy atom. The molecule has 8 nitrogen and oxygen atoms in total. The lowest BCUT2D eigenvalue weighted by atomic mass is 10.0. The van der Waals surface area contributed by atoms with Gasteiger partial charge >= 0.3 is 13.8 Å². The molecule has 0 aliphatic carbocycles. The molecule has 0 aromatic heterocycles. The Balaban J connectivity index is 4.17. The lowest BCUT2D eigenvalue weighted by Gasteiger charge is -2.24. The maximum Gasteiger partial charge on any atom is 0.472 e. The molecule has 0 spiro atoms. The zero-order valence-electron chi connectivity index (χ0n) is 36.9. The number of carbonyl (C=O) groups is 1. The maximum atomic E-state index is 12.7. The number of nitrogens with zero attached hydrogens (tertiary/aromatic N) is 1. The van der Waals surface area contributed by atoms with Crippen molar-refractivity contribution in [1.29, 1.82) is 0 Å². The zero-order valence-corrected chi connectivity index (χ0v) is 37.8. The Bertz CT molecular complexity index is 936. The van der Waals surface area contributed by atoms with E-state index in [1.807, 2.05) is 21.1 Å². The van der Waals surface area contributed by atoms with Crippen molar-refractivity contribution in [2.75, 3.05) is 54.1 Å². The first-order valence-electron chi connectivity index (χ1n) is 23.1. The molecule has 0 rings (SSSR count). The van der Waals surface area contributed by atoms with Gasteiger partial charge in [0, 0.05) is 13.0 Å². The SMILES string of the molecule is CCCC/C=C\C/C=C\CCCCCCCC(=O)OC(COCCCCCCCCCCCCCCCCCCCCC)COP(=O)(O)OCC[N+](C)(C)C. The van der Waals surface area contributed by atoms with E-state index < -0.39 is 13.9 Å². The Hall–Kier alpha value is -1.02. The van der Waals surface area contributed by atoms with Gasteiger partial charge < -0.3 is 18.9 Å². The van der Waals surface area contributed by atoms with E-state index in [0.717, 1.165) is 57.8 Å². The molecule has 0 heterocycles. The van der Waals surface area contributed by atoms with E-state index in [1.165, 1.54) is 128 Å². The van der Waals surface area contributed by atoms with E-state index in [9.17, 15) is 14.3 Å². The summed E-state index contributed by atoms with van der Waals surface area (Å²) in [7, 11) is 1.67. The van der Waals surface area contributed by atoms with E-state index >= 15 is 0 Å². The van der Waals surface area contributed by atoms with E-state index in [2.05, 4.69) is 38.2 Å². The molecule has 0 aromatic rings. The van der Waals surface area contributed by atoms with Crippen molar-refractivity contribution in [1.82, 2.24) is 0 Å². The highest BCUT2D eigenvalue weighted by Gasteiger charge is 2.26. The fourth-order valence-electron chi connectivity index (χ4n) is 6.39. The summed E-state index contributed by atoms with van der Waals surface area (Å²) in [4.78, 5) is 22.9. The zero-order chi connectivity index (χ0) is 40.6. The first-order valence-corrected chi connectivity index (χ1v) is 24.6. The van der Waals surface area contributed by atoms with Gasteiger partial charge in [0.2, 0.25) is 0 Å². The normalized spacial score (nSPS) is 13.9. The third-order valence-corrected chi connectivity index (χ3v) is 11.0. The quantitative estimate of drug-likeness (QED) is 0.0216. The van der Waals surface area contributed by atoms with Gasteiger partial charge in [-0.3, -0.25) is 13.8 Å². The number of hydrogen-bond acceptors (Lipinski definition) is 6. The summed E-state index contributed by atoms with van der Waals surface area (Å²) in [5, 5.41) is 0. The van der Waals surface area contributed by atoms with E-state index in [0.29, 0.717) is 24.1 Å². The van der Waals surface area contributed by atoms with Gasteiger partial charge in [0.15, 0.2) is 0 Å². The van der Waals surface area contributed by atoms with E-state index in [-0.39, 0.29) is 25.8 Å². The standard InChI is InChI=1S/C46H90NO7P/c1-6-8-10-12-14-16-18-20-22-23-24-25-26-28-30-32-34-36-38-41-51-43-45(44-53-55(49,50)52-42-40-47(3,4)5)54-46(48)39-37-35-33-31-29-27-21-19-17-15-13-11-9-7-2/h13,15,19,21,45H,6-12,14,16-18,20,22-44H2,1-5H3/p+1/b15-13-,21-19-. The minimum absolute atomic E-state index is 0.0877. The number of allylic oxidation sites excluding steroid dienone is 4. The average molecular weight is 801 g/mol. The Morgan fingerprint density at radius 2 is 1.02 bits per heavy atom. The molecule has 0 saturated heterocycles. The molecule has 9 heteroatoms. The second-order valence-electron chi connectivity index (χ2n) is 16.8. The molecule has 0 amide bonds. The second kappa shape index (κ2) is 39.8. The molecule has 0 saturated carbocycles. The van der Waals surface area contributed by atoms with Gasteiger partial charge in [0.25, 0.3) is 0 Å². The third kappa shape index (κ3) is 43.9. The highest BCUT2D eigenvalue weighted by atomic mass is 31.2. The van der Waals surface area contributed by atoms with Crippen LogP contribution < -0.4 is 0 Å². The summed E-state index contributed by atoms with van der Waals surface area (Å²) in [6.45, 7) is 5.60. The number of unbranched alkanes of at least 4 members (excludes halogenated alkanes) is 25. The highest BCUT2D eigenvalue weighted by Crippen LogP contribution is 2.43. The average Bonchev–Trinajstić information content (AvgIpc) is 3.13. The number of likely N-dealkylation sites (N-methyl/N-ethyl adjacent to an activating group) is 1. The summed E-state index contributed by atoms with van der Waals surface area (Å²) < 4.78 is 35.0. The molecule has 2 unspecified atom stereocenters. The minimum atomic E-state index is -4.27. The first-order chi connectivity index (χ1) is 26.6. The Kier molecular flexibility index (Phi) is 39.1. The Morgan fingerprint density at radius 3 is 1.53 bits per heavy atom. The van der Waals surface area contributed by atoms with E-state index in [1.54, 1.807) is 0 Å². The van der Waals surface area contributed by atoms with Crippen LogP contribution in [-0.2, 0) is 27.9 Å². The van der Waals surface area contributed by atoms with Crippen molar-refractivity contribution in [3.8, 4) is 0 Å². The number of carbonyl (C=O) groups excluding carboxylic acids is 1. The van der Waals surface area contributed by atoms with Crippen LogP contribution in [0.4, 0.5) is 0 Å². The van der Waals surface area contributed by atoms with Crippen molar-refractivity contribution < 1.29 is 37.3 Å². The molecule has 1 N–H and O–H groups in total. The van der Waals surface area contributed by atoms with Gasteiger partial charge in [-0.05, 0) is 38.5 Å². The van der Waals surface area contributed by atoms with Crippen LogP contribution in [0.25, 0.3) is 0 Å². The molecule has 0 aliphatic rings. The molecule has 0 aromatic carbocycles.